The van der Waals surface area contributed by atoms with E-state index in [0.29, 0.717) is 17.7 Å². The van der Waals surface area contributed by atoms with Crippen LogP contribution in [0.25, 0.3) is 0 Å². The molecule has 1 aliphatic rings. The number of rotatable bonds is 12. The highest BCUT2D eigenvalue weighted by molar-refractivity contribution is 5.97. The number of carbonyl (C=O) groups is 5. The fourth-order valence-corrected chi connectivity index (χ4v) is 4.96. The fourth-order valence-electron chi connectivity index (χ4n) is 4.96. The lowest BCUT2D eigenvalue weighted by Crippen LogP contribution is -2.50. The van der Waals surface area contributed by atoms with E-state index in [1.54, 1.807) is 36.4 Å². The second kappa shape index (κ2) is 14.1. The monoisotopic (exact) mass is 586 g/mol. The molecular formula is C32H34N4O7. The Morgan fingerprint density at radius 3 is 2.05 bits per heavy atom. The highest BCUT2D eigenvalue weighted by atomic mass is 16.4. The van der Waals surface area contributed by atoms with Gasteiger partial charge in [-0.05, 0) is 47.4 Å². The number of aromatic hydroxyl groups is 1. The van der Waals surface area contributed by atoms with Gasteiger partial charge in [-0.15, -0.1) is 0 Å². The third-order valence-corrected chi connectivity index (χ3v) is 7.17. The number of hydrogen-bond acceptors (Lipinski definition) is 6. The van der Waals surface area contributed by atoms with Gasteiger partial charge in [0, 0.05) is 38.4 Å². The molecule has 4 rings (SSSR count). The van der Waals surface area contributed by atoms with Crippen molar-refractivity contribution >= 4 is 35.3 Å². The molecule has 3 atom stereocenters. The molecule has 43 heavy (non-hydrogen) atoms. The van der Waals surface area contributed by atoms with Crippen molar-refractivity contribution in [2.45, 2.75) is 57.3 Å². The van der Waals surface area contributed by atoms with Gasteiger partial charge in [-0.3, -0.25) is 19.2 Å². The Kier molecular flexibility index (Phi) is 10.1. The molecule has 1 saturated heterocycles. The molecule has 3 aromatic carbocycles. The number of benzene rings is 3. The first-order chi connectivity index (χ1) is 20.6. The maximum atomic E-state index is 13.1. The summed E-state index contributed by atoms with van der Waals surface area (Å²) < 4.78 is 0. The van der Waals surface area contributed by atoms with Gasteiger partial charge in [0.15, 0.2) is 0 Å². The maximum absolute atomic E-state index is 13.1. The SMILES string of the molecule is CC(=O)N[C@H](Cc1ccc(O)cc1)C(=O)Nc1ccc(C[C@H](NC(=O)[C@@H]2CCC(=O)N2Cc2ccccc2)C(=O)O)cc1. The summed E-state index contributed by atoms with van der Waals surface area (Å²) in [6.45, 7) is 1.58. The van der Waals surface area contributed by atoms with Gasteiger partial charge < -0.3 is 31.1 Å². The minimum absolute atomic E-state index is 0.00990. The molecule has 0 radical (unpaired) electrons. The summed E-state index contributed by atoms with van der Waals surface area (Å²) in [6, 6.07) is 19.3. The molecule has 0 aromatic heterocycles. The normalized spacial score (nSPS) is 15.8. The van der Waals surface area contributed by atoms with Crippen LogP contribution in [0, 0.1) is 0 Å². The number of likely N-dealkylation sites (tertiary alicyclic amines) is 1. The Morgan fingerprint density at radius 2 is 1.44 bits per heavy atom. The van der Waals surface area contributed by atoms with E-state index in [0.717, 1.165) is 11.1 Å². The summed E-state index contributed by atoms with van der Waals surface area (Å²) in [4.78, 5) is 63.8. The standard InChI is InChI=1S/C32H34N4O7/c1-20(37)33-26(17-22-9-13-25(38)14-10-22)30(40)34-24-11-7-21(8-12-24)18-27(32(42)43)35-31(41)28-15-16-29(39)36(28)19-23-5-3-2-4-6-23/h2-14,26-28,38H,15-19H2,1H3,(H,33,37)(H,34,40)(H,35,41)(H,42,43)/t26-,27+,28+/m1/s1. The van der Waals surface area contributed by atoms with Crippen LogP contribution in [0.3, 0.4) is 0 Å². The molecule has 1 fully saturated rings. The van der Waals surface area contributed by atoms with Gasteiger partial charge in [0.2, 0.25) is 23.6 Å². The topological polar surface area (TPSA) is 165 Å². The molecule has 0 bridgehead atoms. The van der Waals surface area contributed by atoms with Crippen molar-refractivity contribution < 1.29 is 34.2 Å². The average molecular weight is 587 g/mol. The Labute approximate surface area is 248 Å². The first-order valence-corrected chi connectivity index (χ1v) is 13.9. The van der Waals surface area contributed by atoms with Gasteiger partial charge in [0.05, 0.1) is 0 Å². The number of phenols is 1. The van der Waals surface area contributed by atoms with Crippen molar-refractivity contribution in [3.63, 3.8) is 0 Å². The molecule has 4 amide bonds. The number of hydrogen-bond donors (Lipinski definition) is 5. The number of phenolic OH excluding ortho intramolecular Hbond substituents is 1. The lowest BCUT2D eigenvalue weighted by molar-refractivity contribution is -0.143. The molecular weight excluding hydrogens is 552 g/mol. The number of carboxylic acids is 1. The number of nitrogens with one attached hydrogen (secondary N) is 3. The first kappa shape index (κ1) is 30.8. The number of nitrogens with zero attached hydrogens (tertiary/aromatic N) is 1. The van der Waals surface area contributed by atoms with E-state index in [9.17, 15) is 34.2 Å². The number of anilines is 1. The predicted molar refractivity (Wildman–Crippen MR) is 158 cm³/mol. The summed E-state index contributed by atoms with van der Waals surface area (Å²) in [5.41, 5.74) is 2.67. The average Bonchev–Trinajstić information content (AvgIpc) is 3.34. The van der Waals surface area contributed by atoms with Gasteiger partial charge in [0.1, 0.15) is 23.9 Å². The van der Waals surface area contributed by atoms with E-state index in [1.165, 1.54) is 24.0 Å². The van der Waals surface area contributed by atoms with E-state index in [-0.39, 0.29) is 43.4 Å². The van der Waals surface area contributed by atoms with Crippen LogP contribution in [0.1, 0.15) is 36.5 Å². The molecule has 0 unspecified atom stereocenters. The number of carboxylic acid groups (broad SMARTS) is 1. The third kappa shape index (κ3) is 8.65. The summed E-state index contributed by atoms with van der Waals surface area (Å²) in [6.07, 6.45) is 0.723. The summed E-state index contributed by atoms with van der Waals surface area (Å²) >= 11 is 0. The molecule has 11 heteroatoms. The first-order valence-electron chi connectivity index (χ1n) is 13.9. The molecule has 0 aliphatic carbocycles. The van der Waals surface area contributed by atoms with Crippen LogP contribution < -0.4 is 16.0 Å². The molecule has 3 aromatic rings. The van der Waals surface area contributed by atoms with Crippen LogP contribution in [-0.2, 0) is 43.4 Å². The van der Waals surface area contributed by atoms with Gasteiger partial charge in [-0.2, -0.15) is 0 Å². The van der Waals surface area contributed by atoms with Crippen LogP contribution in [-0.4, -0.2) is 62.8 Å². The van der Waals surface area contributed by atoms with Gasteiger partial charge >= 0.3 is 5.97 Å². The van der Waals surface area contributed by atoms with E-state index < -0.39 is 35.9 Å². The van der Waals surface area contributed by atoms with Gasteiger partial charge in [-0.1, -0.05) is 54.6 Å². The minimum Gasteiger partial charge on any atom is -0.508 e. The lowest BCUT2D eigenvalue weighted by Gasteiger charge is -2.26. The quantitative estimate of drug-likeness (QED) is 0.217. The van der Waals surface area contributed by atoms with Crippen molar-refractivity contribution in [2.75, 3.05) is 5.32 Å². The molecule has 11 nitrogen and oxygen atoms in total. The molecule has 5 N–H and O–H groups in total. The summed E-state index contributed by atoms with van der Waals surface area (Å²) in [7, 11) is 0. The second-order valence-corrected chi connectivity index (χ2v) is 10.5. The Bertz CT molecular complexity index is 1460. The van der Waals surface area contributed by atoms with Gasteiger partial charge in [0.25, 0.3) is 0 Å². The smallest absolute Gasteiger partial charge is 0.326 e. The number of amides is 4. The van der Waals surface area contributed by atoms with Crippen LogP contribution in [0.2, 0.25) is 0 Å². The maximum Gasteiger partial charge on any atom is 0.326 e. The molecule has 1 aliphatic heterocycles. The summed E-state index contributed by atoms with van der Waals surface area (Å²) in [5, 5.41) is 27.3. The largest absolute Gasteiger partial charge is 0.508 e. The van der Waals surface area contributed by atoms with Crippen LogP contribution in [0.15, 0.2) is 78.9 Å². The zero-order chi connectivity index (χ0) is 30.9. The molecule has 1 heterocycles. The Hall–Kier alpha value is -5.19. The van der Waals surface area contributed by atoms with Crippen LogP contribution >= 0.6 is 0 Å². The fraction of sp³-hybridized carbons (Fsp3) is 0.281. The van der Waals surface area contributed by atoms with Crippen molar-refractivity contribution in [3.05, 3.63) is 95.6 Å². The van der Waals surface area contributed by atoms with E-state index in [1.807, 2.05) is 30.3 Å². The third-order valence-electron chi connectivity index (χ3n) is 7.17. The van der Waals surface area contributed by atoms with Crippen molar-refractivity contribution in [1.29, 1.82) is 0 Å². The van der Waals surface area contributed by atoms with Crippen molar-refractivity contribution in [3.8, 4) is 5.75 Å². The number of aliphatic carboxylic acids is 1. The Balaban J connectivity index is 1.37. The van der Waals surface area contributed by atoms with E-state index in [2.05, 4.69) is 16.0 Å². The highest BCUT2D eigenvalue weighted by Crippen LogP contribution is 2.22. The Morgan fingerprint density at radius 1 is 0.837 bits per heavy atom. The van der Waals surface area contributed by atoms with Gasteiger partial charge in [-0.25, -0.2) is 4.79 Å². The second-order valence-electron chi connectivity index (χ2n) is 10.5. The molecule has 224 valence electrons. The zero-order valence-corrected chi connectivity index (χ0v) is 23.7. The minimum atomic E-state index is -1.23. The van der Waals surface area contributed by atoms with Crippen LogP contribution in [0.5, 0.6) is 5.75 Å². The van der Waals surface area contributed by atoms with Crippen molar-refractivity contribution in [1.82, 2.24) is 15.5 Å². The van der Waals surface area contributed by atoms with E-state index >= 15 is 0 Å². The predicted octanol–water partition coefficient (Wildman–Crippen LogP) is 2.38. The summed E-state index contributed by atoms with van der Waals surface area (Å²) in [5.74, 6) is -2.61. The van der Waals surface area contributed by atoms with E-state index in [4.69, 9.17) is 0 Å². The van der Waals surface area contributed by atoms with Crippen LogP contribution in [0.4, 0.5) is 5.69 Å². The lowest BCUT2D eigenvalue weighted by atomic mass is 10.0. The molecule has 0 saturated carbocycles. The zero-order valence-electron chi connectivity index (χ0n) is 23.7. The number of carbonyl (C=O) groups excluding carboxylic acids is 4. The highest BCUT2D eigenvalue weighted by Gasteiger charge is 2.37. The van der Waals surface area contributed by atoms with Crippen molar-refractivity contribution in [2.24, 2.45) is 0 Å². The molecule has 0 spiro atoms.